The van der Waals surface area contributed by atoms with Crippen molar-refractivity contribution in [3.05, 3.63) is 34.0 Å². The van der Waals surface area contributed by atoms with Crippen LogP contribution in [0.5, 0.6) is 0 Å². The van der Waals surface area contributed by atoms with Gasteiger partial charge in [0, 0.05) is 31.0 Å². The first-order valence-electron chi connectivity index (χ1n) is 7.25. The molecule has 1 aliphatic heterocycles. The highest BCUT2D eigenvalue weighted by molar-refractivity contribution is 7.13. The van der Waals surface area contributed by atoms with Crippen LogP contribution in [-0.2, 0) is 9.59 Å². The molecule has 5 nitrogen and oxygen atoms in total. The average Bonchev–Trinajstić information content (AvgIpc) is 3.23. The van der Waals surface area contributed by atoms with Gasteiger partial charge in [0.25, 0.3) is 0 Å². The first-order valence-corrected chi connectivity index (χ1v) is 9.07. The van der Waals surface area contributed by atoms with E-state index in [0.29, 0.717) is 5.13 Å². The quantitative estimate of drug-likeness (QED) is 0.912. The molecule has 116 valence electrons. The van der Waals surface area contributed by atoms with E-state index >= 15 is 0 Å². The molecular formula is C15H17N3O2S2. The van der Waals surface area contributed by atoms with Gasteiger partial charge in [-0.3, -0.25) is 9.59 Å². The Morgan fingerprint density at radius 3 is 3.00 bits per heavy atom. The number of carbonyl (C=O) groups excluding carboxylic acids is 2. The summed E-state index contributed by atoms with van der Waals surface area (Å²) in [5.74, 6) is -0.0995. The normalized spacial score (nSPS) is 17.6. The summed E-state index contributed by atoms with van der Waals surface area (Å²) >= 11 is 3.02. The van der Waals surface area contributed by atoms with Crippen LogP contribution in [0.4, 0.5) is 5.13 Å². The van der Waals surface area contributed by atoms with Gasteiger partial charge in [0.05, 0.1) is 6.04 Å². The van der Waals surface area contributed by atoms with Crippen LogP contribution >= 0.6 is 22.7 Å². The van der Waals surface area contributed by atoms with Crippen molar-refractivity contribution in [3.63, 3.8) is 0 Å². The molecule has 7 heteroatoms. The van der Waals surface area contributed by atoms with Crippen molar-refractivity contribution in [1.82, 2.24) is 9.88 Å². The molecule has 0 spiro atoms. The van der Waals surface area contributed by atoms with Crippen LogP contribution in [-0.4, -0.2) is 28.2 Å². The molecule has 22 heavy (non-hydrogen) atoms. The fraction of sp³-hybridized carbons (Fsp3) is 0.400. The van der Waals surface area contributed by atoms with Crippen molar-refractivity contribution in [2.45, 2.75) is 31.7 Å². The second-order valence-corrected chi connectivity index (χ2v) is 6.86. The number of aromatic nitrogens is 1. The van der Waals surface area contributed by atoms with E-state index in [9.17, 15) is 9.59 Å². The van der Waals surface area contributed by atoms with Crippen LogP contribution < -0.4 is 5.32 Å². The second kappa shape index (κ2) is 7.02. The topological polar surface area (TPSA) is 62.3 Å². The Balaban J connectivity index is 1.52. The number of carbonyl (C=O) groups is 2. The third-order valence-corrected chi connectivity index (χ3v) is 5.14. The van der Waals surface area contributed by atoms with Gasteiger partial charge in [-0.2, -0.15) is 11.3 Å². The van der Waals surface area contributed by atoms with Crippen LogP contribution in [0.1, 0.15) is 37.3 Å². The molecule has 1 saturated heterocycles. The first kappa shape index (κ1) is 15.2. The number of nitrogens with one attached hydrogen (secondary N) is 1. The summed E-state index contributed by atoms with van der Waals surface area (Å²) in [7, 11) is 0. The minimum absolute atomic E-state index is 0.0583. The lowest BCUT2D eigenvalue weighted by atomic mass is 10.1. The summed E-state index contributed by atoms with van der Waals surface area (Å²) in [6, 6.07) is 2.26. The van der Waals surface area contributed by atoms with Gasteiger partial charge in [-0.05, 0) is 35.2 Å². The van der Waals surface area contributed by atoms with Crippen LogP contribution in [0.3, 0.4) is 0 Å². The van der Waals surface area contributed by atoms with E-state index in [2.05, 4.69) is 21.7 Å². The van der Waals surface area contributed by atoms with Crippen molar-refractivity contribution in [2.24, 2.45) is 0 Å². The van der Waals surface area contributed by atoms with Gasteiger partial charge < -0.3 is 10.2 Å². The SMILES string of the molecule is O=C(CCC(=O)N1CCCC1c1ccsc1)Nc1nccs1. The van der Waals surface area contributed by atoms with E-state index < -0.39 is 0 Å². The Morgan fingerprint density at radius 1 is 1.36 bits per heavy atom. The molecule has 0 aromatic carbocycles. The molecule has 2 aromatic rings. The lowest BCUT2D eigenvalue weighted by molar-refractivity contribution is -0.133. The summed E-state index contributed by atoms with van der Waals surface area (Å²) in [6.45, 7) is 0.785. The third kappa shape index (κ3) is 3.53. The molecule has 3 heterocycles. The predicted molar refractivity (Wildman–Crippen MR) is 88.0 cm³/mol. The maximum atomic E-state index is 12.4. The van der Waals surface area contributed by atoms with Crippen LogP contribution in [0.2, 0.25) is 0 Å². The molecule has 1 aliphatic rings. The maximum absolute atomic E-state index is 12.4. The summed E-state index contributed by atoms with van der Waals surface area (Å²) < 4.78 is 0. The maximum Gasteiger partial charge on any atom is 0.226 e. The molecule has 1 unspecified atom stereocenters. The number of amides is 2. The van der Waals surface area contributed by atoms with Crippen molar-refractivity contribution >= 4 is 39.6 Å². The van der Waals surface area contributed by atoms with Crippen LogP contribution in [0, 0.1) is 0 Å². The summed E-state index contributed by atoms with van der Waals surface area (Å²) in [5, 5.41) is 9.23. The van der Waals surface area contributed by atoms with E-state index in [1.54, 1.807) is 22.9 Å². The zero-order valence-corrected chi connectivity index (χ0v) is 13.7. The standard InChI is InChI=1S/C15H17N3O2S2/c19-13(17-15-16-6-9-22-15)3-4-14(20)18-7-1-2-12(18)11-5-8-21-10-11/h5-6,8-10,12H,1-4,7H2,(H,16,17,19). The van der Waals surface area contributed by atoms with Crippen molar-refractivity contribution in [2.75, 3.05) is 11.9 Å². The summed E-state index contributed by atoms with van der Waals surface area (Å²) in [6.07, 6.45) is 4.12. The fourth-order valence-corrected chi connectivity index (χ4v) is 3.96. The van der Waals surface area contributed by atoms with Gasteiger partial charge >= 0.3 is 0 Å². The minimum Gasteiger partial charge on any atom is -0.336 e. The average molecular weight is 335 g/mol. The number of rotatable bonds is 5. The highest BCUT2D eigenvalue weighted by Gasteiger charge is 2.30. The molecular weight excluding hydrogens is 318 g/mol. The molecule has 0 radical (unpaired) electrons. The minimum atomic E-state index is -0.158. The number of thiazole rings is 1. The number of likely N-dealkylation sites (tertiary alicyclic amines) is 1. The Bertz CT molecular complexity index is 625. The zero-order valence-electron chi connectivity index (χ0n) is 12.0. The number of hydrogen-bond acceptors (Lipinski definition) is 5. The van der Waals surface area contributed by atoms with Gasteiger partial charge in [0.2, 0.25) is 11.8 Å². The van der Waals surface area contributed by atoms with Gasteiger partial charge in [-0.1, -0.05) is 0 Å². The van der Waals surface area contributed by atoms with Gasteiger partial charge in [-0.25, -0.2) is 4.98 Å². The van der Waals surface area contributed by atoms with Crippen molar-refractivity contribution in [1.29, 1.82) is 0 Å². The van der Waals surface area contributed by atoms with E-state index in [1.807, 2.05) is 10.3 Å². The van der Waals surface area contributed by atoms with E-state index in [4.69, 9.17) is 0 Å². The van der Waals surface area contributed by atoms with Crippen molar-refractivity contribution in [3.8, 4) is 0 Å². The lowest BCUT2D eigenvalue weighted by Gasteiger charge is -2.24. The smallest absolute Gasteiger partial charge is 0.226 e. The van der Waals surface area contributed by atoms with Gasteiger partial charge in [0.1, 0.15) is 0 Å². The second-order valence-electron chi connectivity index (χ2n) is 5.19. The third-order valence-electron chi connectivity index (χ3n) is 3.75. The van der Waals surface area contributed by atoms with Crippen LogP contribution in [0.25, 0.3) is 0 Å². The Morgan fingerprint density at radius 2 is 2.27 bits per heavy atom. The van der Waals surface area contributed by atoms with E-state index in [1.165, 1.54) is 16.9 Å². The summed E-state index contributed by atoms with van der Waals surface area (Å²) in [4.78, 5) is 30.1. The first-order chi connectivity index (χ1) is 10.7. The number of thiophene rings is 1. The Labute approximate surface area is 137 Å². The molecule has 1 N–H and O–H groups in total. The fourth-order valence-electron chi connectivity index (χ4n) is 2.71. The molecule has 3 rings (SSSR count). The molecule has 1 fully saturated rings. The predicted octanol–water partition coefficient (Wildman–Crippen LogP) is 3.29. The Kier molecular flexibility index (Phi) is 4.84. The molecule has 2 aromatic heterocycles. The van der Waals surface area contributed by atoms with Crippen LogP contribution in [0.15, 0.2) is 28.4 Å². The highest BCUT2D eigenvalue weighted by atomic mass is 32.1. The Hall–Kier alpha value is -1.73. The summed E-state index contributed by atoms with van der Waals surface area (Å²) in [5.41, 5.74) is 1.21. The molecule has 0 bridgehead atoms. The van der Waals surface area contributed by atoms with Crippen molar-refractivity contribution < 1.29 is 9.59 Å². The highest BCUT2D eigenvalue weighted by Crippen LogP contribution is 2.33. The number of nitrogens with zero attached hydrogens (tertiary/aromatic N) is 2. The van der Waals surface area contributed by atoms with Gasteiger partial charge in [0.15, 0.2) is 5.13 Å². The molecule has 2 amide bonds. The zero-order chi connectivity index (χ0) is 15.4. The number of hydrogen-bond donors (Lipinski definition) is 1. The largest absolute Gasteiger partial charge is 0.336 e. The molecule has 0 saturated carbocycles. The molecule has 1 atom stereocenters. The lowest BCUT2D eigenvalue weighted by Crippen LogP contribution is -2.31. The molecule has 0 aliphatic carbocycles. The van der Waals surface area contributed by atoms with Gasteiger partial charge in [-0.15, -0.1) is 11.3 Å². The number of anilines is 1. The van der Waals surface area contributed by atoms with E-state index in [0.717, 1.165) is 19.4 Å². The monoisotopic (exact) mass is 335 g/mol. The van der Waals surface area contributed by atoms with E-state index in [-0.39, 0.29) is 30.7 Å².